The van der Waals surface area contributed by atoms with E-state index in [1.807, 2.05) is 24.3 Å². The lowest BCUT2D eigenvalue weighted by molar-refractivity contribution is 0.240. The van der Waals surface area contributed by atoms with Gasteiger partial charge in [-0.05, 0) is 18.1 Å². The molecule has 1 aromatic heterocycles. The van der Waals surface area contributed by atoms with Gasteiger partial charge in [0, 0.05) is 24.5 Å². The summed E-state index contributed by atoms with van der Waals surface area (Å²) in [6.07, 6.45) is 2.55. The molecule has 17 heavy (non-hydrogen) atoms. The molecule has 3 N–H and O–H groups in total. The number of aliphatic hydroxyl groups excluding tert-OH is 1. The molecule has 1 atom stereocenters. The van der Waals surface area contributed by atoms with Gasteiger partial charge in [-0.15, -0.1) is 0 Å². The van der Waals surface area contributed by atoms with Crippen LogP contribution in [0, 0.1) is 0 Å². The highest BCUT2D eigenvalue weighted by Crippen LogP contribution is 2.03. The van der Waals surface area contributed by atoms with Crippen LogP contribution in [-0.2, 0) is 13.0 Å². The van der Waals surface area contributed by atoms with Crippen molar-refractivity contribution >= 4 is 0 Å². The Balaban J connectivity index is 1.85. The molecular formula is C13H17N3O. The van der Waals surface area contributed by atoms with Crippen LogP contribution in [0.4, 0.5) is 0 Å². The Labute approximate surface area is 101 Å². The van der Waals surface area contributed by atoms with Crippen molar-refractivity contribution in [2.75, 3.05) is 6.61 Å². The molecule has 0 aliphatic rings. The maximum atomic E-state index is 9.33. The molecule has 0 aliphatic heterocycles. The Hall–Kier alpha value is -1.65. The average Bonchev–Trinajstić information content (AvgIpc) is 2.89. The van der Waals surface area contributed by atoms with Crippen molar-refractivity contribution in [1.82, 2.24) is 15.5 Å². The lowest BCUT2D eigenvalue weighted by atomic mass is 10.1. The second-order valence-electron chi connectivity index (χ2n) is 4.03. The zero-order valence-electron chi connectivity index (χ0n) is 9.63. The molecule has 0 fully saturated rings. The van der Waals surface area contributed by atoms with Crippen LogP contribution >= 0.6 is 0 Å². The van der Waals surface area contributed by atoms with Crippen molar-refractivity contribution in [3.8, 4) is 0 Å². The van der Waals surface area contributed by atoms with Crippen LogP contribution in [0.25, 0.3) is 0 Å². The zero-order chi connectivity index (χ0) is 11.9. The summed E-state index contributed by atoms with van der Waals surface area (Å²) in [7, 11) is 0. The quantitative estimate of drug-likeness (QED) is 0.697. The van der Waals surface area contributed by atoms with E-state index in [-0.39, 0.29) is 12.6 Å². The van der Waals surface area contributed by atoms with Gasteiger partial charge in [-0.3, -0.25) is 5.10 Å². The summed E-state index contributed by atoms with van der Waals surface area (Å²) < 4.78 is 0. The molecule has 0 radical (unpaired) electrons. The van der Waals surface area contributed by atoms with Gasteiger partial charge in [0.15, 0.2) is 0 Å². The van der Waals surface area contributed by atoms with Crippen LogP contribution < -0.4 is 5.32 Å². The lowest BCUT2D eigenvalue weighted by Gasteiger charge is -2.15. The molecule has 4 heteroatoms. The van der Waals surface area contributed by atoms with Gasteiger partial charge in [0.1, 0.15) is 0 Å². The molecule has 0 amide bonds. The molecule has 0 saturated heterocycles. The highest BCUT2D eigenvalue weighted by atomic mass is 16.3. The second-order valence-corrected chi connectivity index (χ2v) is 4.03. The number of H-pyrrole nitrogens is 1. The van der Waals surface area contributed by atoms with Gasteiger partial charge in [-0.25, -0.2) is 0 Å². The topological polar surface area (TPSA) is 60.9 Å². The second kappa shape index (κ2) is 6.18. The van der Waals surface area contributed by atoms with E-state index in [0.29, 0.717) is 6.54 Å². The van der Waals surface area contributed by atoms with E-state index in [1.165, 1.54) is 5.56 Å². The Kier molecular flexibility index (Phi) is 4.30. The minimum absolute atomic E-state index is 0.0701. The summed E-state index contributed by atoms with van der Waals surface area (Å²) in [6.45, 7) is 0.821. The van der Waals surface area contributed by atoms with Crippen molar-refractivity contribution in [2.24, 2.45) is 0 Å². The van der Waals surface area contributed by atoms with E-state index in [0.717, 1.165) is 12.1 Å². The SMILES string of the molecule is OCC(Cc1ccccc1)NCc1ccn[nH]1. The molecule has 0 spiro atoms. The van der Waals surface area contributed by atoms with Crippen molar-refractivity contribution in [3.63, 3.8) is 0 Å². The number of aromatic nitrogens is 2. The molecule has 0 bridgehead atoms. The molecule has 0 aliphatic carbocycles. The molecule has 2 aromatic rings. The van der Waals surface area contributed by atoms with Crippen molar-refractivity contribution in [3.05, 3.63) is 53.9 Å². The Morgan fingerprint density at radius 3 is 2.71 bits per heavy atom. The van der Waals surface area contributed by atoms with Crippen LogP contribution in [0.3, 0.4) is 0 Å². The fourth-order valence-corrected chi connectivity index (χ4v) is 1.74. The number of nitrogens with zero attached hydrogens (tertiary/aromatic N) is 1. The Morgan fingerprint density at radius 1 is 1.24 bits per heavy atom. The molecule has 1 unspecified atom stereocenters. The molecule has 4 nitrogen and oxygen atoms in total. The van der Waals surface area contributed by atoms with E-state index in [2.05, 4.69) is 27.6 Å². The van der Waals surface area contributed by atoms with Gasteiger partial charge in [0.25, 0.3) is 0 Å². The average molecular weight is 231 g/mol. The highest BCUT2D eigenvalue weighted by molar-refractivity contribution is 5.16. The van der Waals surface area contributed by atoms with Gasteiger partial charge in [0.05, 0.1) is 6.61 Å². The minimum Gasteiger partial charge on any atom is -0.395 e. The lowest BCUT2D eigenvalue weighted by Crippen LogP contribution is -2.34. The van der Waals surface area contributed by atoms with Gasteiger partial charge in [-0.2, -0.15) is 5.10 Å². The third kappa shape index (κ3) is 3.69. The van der Waals surface area contributed by atoms with E-state index >= 15 is 0 Å². The van der Waals surface area contributed by atoms with E-state index in [1.54, 1.807) is 6.20 Å². The first kappa shape index (κ1) is 11.8. The predicted octanol–water partition coefficient (Wildman–Crippen LogP) is 1.10. The highest BCUT2D eigenvalue weighted by Gasteiger charge is 2.07. The summed E-state index contributed by atoms with van der Waals surface area (Å²) in [4.78, 5) is 0. The summed E-state index contributed by atoms with van der Waals surface area (Å²) in [5.41, 5.74) is 2.25. The van der Waals surface area contributed by atoms with Crippen molar-refractivity contribution in [1.29, 1.82) is 0 Å². The monoisotopic (exact) mass is 231 g/mol. The Bertz CT molecular complexity index is 413. The predicted molar refractivity (Wildman–Crippen MR) is 66.4 cm³/mol. The van der Waals surface area contributed by atoms with Crippen molar-refractivity contribution < 1.29 is 5.11 Å². The number of aliphatic hydroxyl groups is 1. The number of nitrogens with one attached hydrogen (secondary N) is 2. The van der Waals surface area contributed by atoms with Gasteiger partial charge in [0.2, 0.25) is 0 Å². The molecule has 0 saturated carbocycles. The number of hydrogen-bond acceptors (Lipinski definition) is 3. The molecule has 1 aromatic carbocycles. The first-order valence-electron chi connectivity index (χ1n) is 5.75. The third-order valence-electron chi connectivity index (χ3n) is 2.68. The first-order chi connectivity index (χ1) is 8.38. The maximum Gasteiger partial charge on any atom is 0.0588 e. The molecule has 90 valence electrons. The van der Waals surface area contributed by atoms with Crippen LogP contribution in [0.15, 0.2) is 42.6 Å². The molecule has 2 rings (SSSR count). The first-order valence-corrected chi connectivity index (χ1v) is 5.75. The van der Waals surface area contributed by atoms with Crippen LogP contribution in [-0.4, -0.2) is 28.0 Å². The number of rotatable bonds is 6. The fourth-order valence-electron chi connectivity index (χ4n) is 1.74. The summed E-state index contributed by atoms with van der Waals surface area (Å²) >= 11 is 0. The summed E-state index contributed by atoms with van der Waals surface area (Å²) in [5.74, 6) is 0. The minimum atomic E-state index is 0.0701. The smallest absolute Gasteiger partial charge is 0.0588 e. The number of aromatic amines is 1. The zero-order valence-corrected chi connectivity index (χ0v) is 9.63. The van der Waals surface area contributed by atoms with E-state index in [4.69, 9.17) is 0 Å². The standard InChI is InChI=1S/C13H17N3O/c17-10-13(8-11-4-2-1-3-5-11)14-9-12-6-7-15-16-12/h1-7,13-14,17H,8-10H2,(H,15,16). The van der Waals surface area contributed by atoms with Gasteiger partial charge >= 0.3 is 0 Å². The van der Waals surface area contributed by atoms with E-state index < -0.39 is 0 Å². The van der Waals surface area contributed by atoms with Crippen LogP contribution in [0.5, 0.6) is 0 Å². The van der Waals surface area contributed by atoms with Crippen LogP contribution in [0.2, 0.25) is 0 Å². The van der Waals surface area contributed by atoms with Gasteiger partial charge in [-0.1, -0.05) is 30.3 Å². The summed E-state index contributed by atoms with van der Waals surface area (Å²) in [6, 6.07) is 12.2. The number of hydrogen-bond donors (Lipinski definition) is 3. The molecular weight excluding hydrogens is 214 g/mol. The van der Waals surface area contributed by atoms with E-state index in [9.17, 15) is 5.11 Å². The van der Waals surface area contributed by atoms with Crippen molar-refractivity contribution in [2.45, 2.75) is 19.0 Å². The number of benzene rings is 1. The fraction of sp³-hybridized carbons (Fsp3) is 0.308. The third-order valence-corrected chi connectivity index (χ3v) is 2.68. The largest absolute Gasteiger partial charge is 0.395 e. The van der Waals surface area contributed by atoms with Crippen LogP contribution in [0.1, 0.15) is 11.3 Å². The van der Waals surface area contributed by atoms with Gasteiger partial charge < -0.3 is 10.4 Å². The Morgan fingerprint density at radius 2 is 2.06 bits per heavy atom. The maximum absolute atomic E-state index is 9.33. The summed E-state index contributed by atoms with van der Waals surface area (Å²) in [5, 5.41) is 19.4. The molecule has 1 heterocycles. The normalized spacial score (nSPS) is 12.5.